The van der Waals surface area contributed by atoms with Crippen LogP contribution in [0.3, 0.4) is 0 Å². The van der Waals surface area contributed by atoms with Gasteiger partial charge in [0.1, 0.15) is 6.07 Å². The average Bonchev–Trinajstić information content (AvgIpc) is 2.86. The first-order valence-corrected chi connectivity index (χ1v) is 8.19. The molecule has 0 bridgehead atoms. The van der Waals surface area contributed by atoms with Crippen molar-refractivity contribution in [2.45, 2.75) is 30.4 Å². The van der Waals surface area contributed by atoms with Crippen molar-refractivity contribution >= 4 is 33.4 Å². The van der Waals surface area contributed by atoms with E-state index in [9.17, 15) is 0 Å². The summed E-state index contributed by atoms with van der Waals surface area (Å²) in [6.07, 6.45) is 7.40. The molecule has 1 fully saturated rings. The maximum Gasteiger partial charge on any atom is 0.101 e. The van der Waals surface area contributed by atoms with E-state index in [0.29, 0.717) is 10.3 Å². The van der Waals surface area contributed by atoms with Crippen LogP contribution in [0, 0.1) is 11.3 Å². The van der Waals surface area contributed by atoms with Gasteiger partial charge in [-0.25, -0.2) is 0 Å². The fourth-order valence-electron chi connectivity index (χ4n) is 2.49. The van der Waals surface area contributed by atoms with E-state index in [-0.39, 0.29) is 0 Å². The Morgan fingerprint density at radius 2 is 2.17 bits per heavy atom. The zero-order valence-corrected chi connectivity index (χ0v) is 12.9. The second-order valence-corrected chi connectivity index (χ2v) is 6.94. The molecule has 0 amide bonds. The second-order valence-electron chi connectivity index (χ2n) is 4.75. The predicted octanol–water partition coefficient (Wildman–Crippen LogP) is 4.41. The van der Waals surface area contributed by atoms with Gasteiger partial charge < -0.3 is 5.32 Å². The number of nitriles is 1. The Hall–Kier alpha value is -0.660. The smallest absolute Gasteiger partial charge is 0.101 e. The maximum atomic E-state index is 9.14. The summed E-state index contributed by atoms with van der Waals surface area (Å²) in [6.45, 7) is 0.949. The molecule has 0 spiro atoms. The molecule has 4 heteroatoms. The Labute approximate surface area is 121 Å². The number of rotatable bonds is 4. The number of benzene rings is 1. The molecule has 1 N–H and O–H groups in total. The van der Waals surface area contributed by atoms with E-state index in [1.54, 1.807) is 0 Å². The minimum Gasteiger partial charge on any atom is -0.383 e. The van der Waals surface area contributed by atoms with E-state index in [2.05, 4.69) is 33.6 Å². The summed E-state index contributed by atoms with van der Waals surface area (Å²) in [5.41, 5.74) is 1.65. The molecule has 0 heterocycles. The Morgan fingerprint density at radius 1 is 1.44 bits per heavy atom. The van der Waals surface area contributed by atoms with Crippen molar-refractivity contribution in [1.82, 2.24) is 0 Å². The highest BCUT2D eigenvalue weighted by atomic mass is 79.9. The van der Waals surface area contributed by atoms with Crippen molar-refractivity contribution in [1.29, 1.82) is 5.26 Å². The van der Waals surface area contributed by atoms with Crippen molar-refractivity contribution < 1.29 is 0 Å². The molecule has 1 aromatic carbocycles. The zero-order valence-electron chi connectivity index (χ0n) is 10.5. The maximum absolute atomic E-state index is 9.14. The lowest BCUT2D eigenvalue weighted by Gasteiger charge is -2.27. The molecule has 0 radical (unpaired) electrons. The third kappa shape index (κ3) is 3.02. The topological polar surface area (TPSA) is 35.8 Å². The molecule has 0 atom stereocenters. The largest absolute Gasteiger partial charge is 0.383 e. The highest BCUT2D eigenvalue weighted by Crippen LogP contribution is 2.40. The van der Waals surface area contributed by atoms with Crippen LogP contribution in [-0.4, -0.2) is 17.5 Å². The molecule has 96 valence electrons. The average molecular weight is 325 g/mol. The Kier molecular flexibility index (Phi) is 4.58. The van der Waals surface area contributed by atoms with Gasteiger partial charge in [0.05, 0.1) is 11.3 Å². The normalized spacial score (nSPS) is 17.4. The van der Waals surface area contributed by atoms with Gasteiger partial charge in [0.15, 0.2) is 0 Å². The van der Waals surface area contributed by atoms with Crippen LogP contribution >= 0.6 is 27.7 Å². The molecule has 0 aromatic heterocycles. The lowest BCUT2D eigenvalue weighted by molar-refractivity contribution is 0.640. The molecule has 1 saturated carbocycles. The summed E-state index contributed by atoms with van der Waals surface area (Å²) in [4.78, 5) is 0. The first kappa shape index (κ1) is 13.8. The third-order valence-electron chi connectivity index (χ3n) is 3.65. The van der Waals surface area contributed by atoms with Gasteiger partial charge in [-0.15, -0.1) is 0 Å². The standard InChI is InChI=1S/C14H17BrN2S/c1-18-14(6-2-3-7-14)10-17-13-5-4-12(15)8-11(13)9-16/h4-5,8,17H,2-3,6-7,10H2,1H3. The summed E-state index contributed by atoms with van der Waals surface area (Å²) in [7, 11) is 0. The van der Waals surface area contributed by atoms with E-state index < -0.39 is 0 Å². The number of hydrogen-bond acceptors (Lipinski definition) is 3. The van der Waals surface area contributed by atoms with E-state index in [1.807, 2.05) is 30.0 Å². The number of halogens is 1. The molecule has 0 unspecified atom stereocenters. The lowest BCUT2D eigenvalue weighted by atomic mass is 10.1. The molecule has 1 aliphatic rings. The molecular formula is C14H17BrN2S. The summed E-state index contributed by atoms with van der Waals surface area (Å²) < 4.78 is 1.31. The molecule has 2 nitrogen and oxygen atoms in total. The van der Waals surface area contributed by atoms with E-state index in [1.165, 1.54) is 25.7 Å². The van der Waals surface area contributed by atoms with E-state index in [0.717, 1.165) is 16.7 Å². The molecular weight excluding hydrogens is 308 g/mol. The van der Waals surface area contributed by atoms with Crippen LogP contribution < -0.4 is 5.32 Å². The van der Waals surface area contributed by atoms with Crippen molar-refractivity contribution in [3.63, 3.8) is 0 Å². The molecule has 1 aromatic rings. The van der Waals surface area contributed by atoms with Crippen molar-refractivity contribution in [2.75, 3.05) is 18.1 Å². The Bertz CT molecular complexity index is 461. The minimum atomic E-state index is 0.361. The van der Waals surface area contributed by atoms with Crippen molar-refractivity contribution in [2.24, 2.45) is 0 Å². The fourth-order valence-corrected chi connectivity index (χ4v) is 3.77. The predicted molar refractivity (Wildman–Crippen MR) is 82.1 cm³/mol. The molecule has 18 heavy (non-hydrogen) atoms. The fraction of sp³-hybridized carbons (Fsp3) is 0.500. The first-order chi connectivity index (χ1) is 8.69. The summed E-state index contributed by atoms with van der Waals surface area (Å²) in [6, 6.07) is 8.06. The first-order valence-electron chi connectivity index (χ1n) is 6.18. The van der Waals surface area contributed by atoms with Crippen molar-refractivity contribution in [3.8, 4) is 6.07 Å². The van der Waals surface area contributed by atoms with E-state index >= 15 is 0 Å². The van der Waals surface area contributed by atoms with Crippen LogP contribution in [0.1, 0.15) is 31.2 Å². The molecule has 0 saturated heterocycles. The number of hydrogen-bond donors (Lipinski definition) is 1. The summed E-state index contributed by atoms with van der Waals surface area (Å²) in [5.74, 6) is 0. The van der Waals surface area contributed by atoms with Crippen molar-refractivity contribution in [3.05, 3.63) is 28.2 Å². The van der Waals surface area contributed by atoms with Gasteiger partial charge >= 0.3 is 0 Å². The zero-order chi connectivity index (χ0) is 13.0. The van der Waals surface area contributed by atoms with Crippen LogP contribution in [0.5, 0.6) is 0 Å². The summed E-state index contributed by atoms with van der Waals surface area (Å²) in [5, 5.41) is 12.6. The van der Waals surface area contributed by atoms with E-state index in [4.69, 9.17) is 5.26 Å². The quantitative estimate of drug-likeness (QED) is 0.891. The van der Waals surface area contributed by atoms with Gasteiger partial charge in [-0.05, 0) is 37.3 Å². The minimum absolute atomic E-state index is 0.361. The Morgan fingerprint density at radius 3 is 2.78 bits per heavy atom. The number of nitrogens with zero attached hydrogens (tertiary/aromatic N) is 1. The monoisotopic (exact) mass is 324 g/mol. The van der Waals surface area contributed by atoms with Gasteiger partial charge in [-0.1, -0.05) is 28.8 Å². The lowest BCUT2D eigenvalue weighted by Crippen LogP contribution is -2.30. The van der Waals surface area contributed by atoms with Gasteiger partial charge in [-0.2, -0.15) is 17.0 Å². The van der Waals surface area contributed by atoms with Gasteiger partial charge in [-0.3, -0.25) is 0 Å². The summed E-state index contributed by atoms with van der Waals surface area (Å²) >= 11 is 5.36. The second kappa shape index (κ2) is 5.99. The van der Waals surface area contributed by atoms with Crippen LogP contribution in [0.2, 0.25) is 0 Å². The number of thioether (sulfide) groups is 1. The van der Waals surface area contributed by atoms with Crippen LogP contribution in [0.25, 0.3) is 0 Å². The third-order valence-corrected chi connectivity index (χ3v) is 5.56. The van der Waals surface area contributed by atoms with Crippen LogP contribution in [0.4, 0.5) is 5.69 Å². The SMILES string of the molecule is CSC1(CNc2ccc(Br)cc2C#N)CCCC1. The molecule has 0 aliphatic heterocycles. The highest BCUT2D eigenvalue weighted by Gasteiger charge is 2.32. The Balaban J connectivity index is 2.08. The van der Waals surface area contributed by atoms with Gasteiger partial charge in [0, 0.05) is 15.8 Å². The van der Waals surface area contributed by atoms with Gasteiger partial charge in [0.2, 0.25) is 0 Å². The molecule has 1 aliphatic carbocycles. The highest BCUT2D eigenvalue weighted by molar-refractivity contribution is 9.10. The number of nitrogens with one attached hydrogen (secondary N) is 1. The molecule has 2 rings (SSSR count). The number of anilines is 1. The van der Waals surface area contributed by atoms with Gasteiger partial charge in [0.25, 0.3) is 0 Å². The van der Waals surface area contributed by atoms with Crippen LogP contribution in [0.15, 0.2) is 22.7 Å². The van der Waals surface area contributed by atoms with Crippen LogP contribution in [-0.2, 0) is 0 Å².